The maximum absolute atomic E-state index is 13.0. The van der Waals surface area contributed by atoms with Crippen molar-refractivity contribution in [1.29, 1.82) is 0 Å². The molecule has 0 saturated heterocycles. The molecule has 1 aromatic heterocycles. The van der Waals surface area contributed by atoms with Gasteiger partial charge in [0.1, 0.15) is 17.1 Å². The van der Waals surface area contributed by atoms with Crippen LogP contribution in [0.25, 0.3) is 0 Å². The van der Waals surface area contributed by atoms with Crippen LogP contribution in [0.3, 0.4) is 0 Å². The van der Waals surface area contributed by atoms with Gasteiger partial charge in [-0.2, -0.15) is 0 Å². The Labute approximate surface area is 109 Å². The minimum absolute atomic E-state index is 0.165. The van der Waals surface area contributed by atoms with Gasteiger partial charge in [-0.1, -0.05) is 6.07 Å². The number of pyridine rings is 1. The largest absolute Gasteiger partial charge is 0.492 e. The van der Waals surface area contributed by atoms with Gasteiger partial charge in [-0.3, -0.25) is 4.98 Å². The van der Waals surface area contributed by atoms with Crippen molar-refractivity contribution in [2.45, 2.75) is 6.42 Å². The van der Waals surface area contributed by atoms with Gasteiger partial charge in [0.25, 0.3) is 0 Å². The zero-order valence-corrected chi connectivity index (χ0v) is 10.0. The van der Waals surface area contributed by atoms with Crippen LogP contribution in [0.1, 0.15) is 15.9 Å². The van der Waals surface area contributed by atoms with Gasteiger partial charge in [0.15, 0.2) is 0 Å². The van der Waals surface area contributed by atoms with Crippen LogP contribution in [-0.4, -0.2) is 22.7 Å². The number of rotatable bonds is 5. The normalized spacial score (nSPS) is 10.2. The Hall–Kier alpha value is -2.43. The number of halogens is 1. The highest BCUT2D eigenvalue weighted by molar-refractivity contribution is 5.90. The van der Waals surface area contributed by atoms with E-state index in [1.54, 1.807) is 12.4 Å². The maximum atomic E-state index is 13.0. The van der Waals surface area contributed by atoms with Crippen molar-refractivity contribution >= 4 is 5.97 Å². The molecule has 98 valence electrons. The molecule has 0 fully saturated rings. The monoisotopic (exact) mass is 261 g/mol. The van der Waals surface area contributed by atoms with Crippen LogP contribution >= 0.6 is 0 Å². The smallest absolute Gasteiger partial charge is 0.339 e. The zero-order chi connectivity index (χ0) is 13.7. The summed E-state index contributed by atoms with van der Waals surface area (Å²) < 4.78 is 18.3. The summed E-state index contributed by atoms with van der Waals surface area (Å²) in [7, 11) is 0. The lowest BCUT2D eigenvalue weighted by Gasteiger charge is -2.09. The first-order valence-electron chi connectivity index (χ1n) is 5.71. The van der Waals surface area contributed by atoms with Gasteiger partial charge in [-0.05, 0) is 29.8 Å². The molecule has 0 amide bonds. The molecule has 2 rings (SSSR count). The average Bonchev–Trinajstić information content (AvgIpc) is 2.41. The first kappa shape index (κ1) is 13.0. The molecule has 0 aliphatic carbocycles. The van der Waals surface area contributed by atoms with E-state index < -0.39 is 11.8 Å². The molecule has 1 aromatic carbocycles. The highest BCUT2D eigenvalue weighted by Gasteiger charge is 2.12. The molecule has 2 aromatic rings. The Morgan fingerprint density at radius 2 is 2.21 bits per heavy atom. The van der Waals surface area contributed by atoms with E-state index in [9.17, 15) is 9.18 Å². The lowest BCUT2D eigenvalue weighted by Crippen LogP contribution is -2.07. The van der Waals surface area contributed by atoms with E-state index in [2.05, 4.69) is 4.98 Å². The molecular formula is C14H12FNO3. The molecule has 0 bridgehead atoms. The minimum atomic E-state index is -1.21. The number of carboxylic acid groups (broad SMARTS) is 1. The highest BCUT2D eigenvalue weighted by atomic mass is 19.1. The molecule has 0 spiro atoms. The van der Waals surface area contributed by atoms with Gasteiger partial charge in [-0.15, -0.1) is 0 Å². The molecule has 0 atom stereocenters. The topological polar surface area (TPSA) is 59.4 Å². The van der Waals surface area contributed by atoms with Crippen LogP contribution in [0.15, 0.2) is 42.7 Å². The van der Waals surface area contributed by atoms with Crippen LogP contribution in [0.5, 0.6) is 5.75 Å². The van der Waals surface area contributed by atoms with Gasteiger partial charge >= 0.3 is 5.97 Å². The molecule has 4 nitrogen and oxygen atoms in total. The van der Waals surface area contributed by atoms with E-state index in [4.69, 9.17) is 9.84 Å². The van der Waals surface area contributed by atoms with Gasteiger partial charge in [-0.25, -0.2) is 9.18 Å². The maximum Gasteiger partial charge on any atom is 0.339 e. The van der Waals surface area contributed by atoms with Crippen molar-refractivity contribution in [3.8, 4) is 5.75 Å². The molecule has 19 heavy (non-hydrogen) atoms. The Balaban J connectivity index is 2.02. The second-order valence-corrected chi connectivity index (χ2v) is 3.91. The molecule has 0 aliphatic rings. The fourth-order valence-corrected chi connectivity index (χ4v) is 1.62. The summed E-state index contributed by atoms with van der Waals surface area (Å²) in [6.45, 7) is 0.303. The summed E-state index contributed by atoms with van der Waals surface area (Å²) in [6, 6.07) is 7.16. The summed E-state index contributed by atoms with van der Waals surface area (Å²) in [4.78, 5) is 14.9. The molecule has 1 heterocycles. The number of carboxylic acids is 1. The quantitative estimate of drug-likeness (QED) is 0.898. The first-order valence-corrected chi connectivity index (χ1v) is 5.71. The van der Waals surface area contributed by atoms with E-state index in [0.717, 1.165) is 11.6 Å². The summed E-state index contributed by atoms with van der Waals surface area (Å²) in [6.07, 6.45) is 3.99. The lowest BCUT2D eigenvalue weighted by molar-refractivity contribution is 0.0691. The third kappa shape index (κ3) is 3.51. The first-order chi connectivity index (χ1) is 9.16. The Kier molecular flexibility index (Phi) is 4.07. The third-order valence-electron chi connectivity index (χ3n) is 2.54. The number of nitrogens with zero attached hydrogens (tertiary/aromatic N) is 1. The van der Waals surface area contributed by atoms with Crippen LogP contribution < -0.4 is 4.74 Å². The summed E-state index contributed by atoms with van der Waals surface area (Å²) >= 11 is 0. The predicted octanol–water partition coefficient (Wildman–Crippen LogP) is 2.54. The van der Waals surface area contributed by atoms with Gasteiger partial charge < -0.3 is 9.84 Å². The SMILES string of the molecule is O=C(O)c1cc(F)ccc1OCCc1cccnc1. The number of ether oxygens (including phenoxy) is 1. The minimum Gasteiger partial charge on any atom is -0.492 e. The second-order valence-electron chi connectivity index (χ2n) is 3.91. The van der Waals surface area contributed by atoms with Crippen LogP contribution in [0.4, 0.5) is 4.39 Å². The lowest BCUT2D eigenvalue weighted by atomic mass is 10.2. The van der Waals surface area contributed by atoms with Gasteiger partial charge in [0.2, 0.25) is 0 Å². The molecule has 0 aliphatic heterocycles. The van der Waals surface area contributed by atoms with E-state index in [1.165, 1.54) is 12.1 Å². The van der Waals surface area contributed by atoms with Crippen molar-refractivity contribution in [2.24, 2.45) is 0 Å². The molecular weight excluding hydrogens is 249 g/mol. The van der Waals surface area contributed by atoms with Crippen molar-refractivity contribution in [1.82, 2.24) is 4.98 Å². The van der Waals surface area contributed by atoms with Crippen molar-refractivity contribution in [2.75, 3.05) is 6.61 Å². The van der Waals surface area contributed by atoms with Gasteiger partial charge in [0, 0.05) is 18.8 Å². The van der Waals surface area contributed by atoms with E-state index in [1.807, 2.05) is 12.1 Å². The van der Waals surface area contributed by atoms with Crippen LogP contribution in [-0.2, 0) is 6.42 Å². The van der Waals surface area contributed by atoms with Crippen LogP contribution in [0.2, 0.25) is 0 Å². The molecule has 0 saturated carbocycles. The highest BCUT2D eigenvalue weighted by Crippen LogP contribution is 2.20. The number of aromatic carboxylic acids is 1. The van der Waals surface area contributed by atoms with Crippen LogP contribution in [0, 0.1) is 5.82 Å². The third-order valence-corrected chi connectivity index (χ3v) is 2.54. The average molecular weight is 261 g/mol. The Morgan fingerprint density at radius 1 is 1.37 bits per heavy atom. The molecule has 5 heteroatoms. The number of hydrogen-bond acceptors (Lipinski definition) is 3. The number of hydrogen-bond donors (Lipinski definition) is 1. The fourth-order valence-electron chi connectivity index (χ4n) is 1.62. The summed E-state index contributed by atoms with van der Waals surface area (Å²) in [5.74, 6) is -1.65. The molecule has 0 radical (unpaired) electrons. The van der Waals surface area contributed by atoms with Crippen molar-refractivity contribution in [3.63, 3.8) is 0 Å². The van der Waals surface area contributed by atoms with Crippen molar-refractivity contribution < 1.29 is 19.0 Å². The standard InChI is InChI=1S/C14H12FNO3/c15-11-3-4-13(12(8-11)14(17)18)19-7-5-10-2-1-6-16-9-10/h1-4,6,8-9H,5,7H2,(H,17,18). The van der Waals surface area contributed by atoms with E-state index >= 15 is 0 Å². The molecule has 1 N–H and O–H groups in total. The summed E-state index contributed by atoms with van der Waals surface area (Å²) in [5.41, 5.74) is 0.813. The zero-order valence-electron chi connectivity index (χ0n) is 10.0. The number of aromatic nitrogens is 1. The Morgan fingerprint density at radius 3 is 2.89 bits per heavy atom. The van der Waals surface area contributed by atoms with Gasteiger partial charge in [0.05, 0.1) is 6.61 Å². The van der Waals surface area contributed by atoms with Crippen molar-refractivity contribution in [3.05, 3.63) is 59.7 Å². The molecule has 0 unspecified atom stereocenters. The summed E-state index contributed by atoms with van der Waals surface area (Å²) in [5, 5.41) is 8.95. The van der Waals surface area contributed by atoms with E-state index in [-0.39, 0.29) is 11.3 Å². The number of benzene rings is 1. The number of carbonyl (C=O) groups is 1. The Bertz CT molecular complexity index is 572. The second kappa shape index (κ2) is 5.95. The van der Waals surface area contributed by atoms with E-state index in [0.29, 0.717) is 13.0 Å². The fraction of sp³-hybridized carbons (Fsp3) is 0.143. The predicted molar refractivity (Wildman–Crippen MR) is 66.8 cm³/mol.